The number of carbonyl (C=O) groups is 1. The Morgan fingerprint density at radius 2 is 1.81 bits per heavy atom. The fraction of sp³-hybridized carbons (Fsp3) is 0.190. The van der Waals surface area contributed by atoms with Gasteiger partial charge >= 0.3 is 0 Å². The number of H-pyrrole nitrogens is 1. The summed E-state index contributed by atoms with van der Waals surface area (Å²) in [6.45, 7) is 1.18. The number of hydrogen-bond donors (Lipinski definition) is 1. The van der Waals surface area contributed by atoms with Crippen LogP contribution in [0.1, 0.15) is 22.3 Å². The van der Waals surface area contributed by atoms with Crippen LogP contribution in [0.2, 0.25) is 0 Å². The van der Waals surface area contributed by atoms with Crippen LogP contribution in [0.5, 0.6) is 0 Å². The van der Waals surface area contributed by atoms with Crippen molar-refractivity contribution in [2.75, 3.05) is 19.3 Å². The van der Waals surface area contributed by atoms with Gasteiger partial charge in [-0.3, -0.25) is 4.79 Å². The monoisotopic (exact) mass is 380 g/mol. The number of para-hydroxylation sites is 1. The van der Waals surface area contributed by atoms with Gasteiger partial charge in [-0.15, -0.1) is 0 Å². The number of amides is 1. The number of aromatic amines is 1. The predicted octanol–water partition coefficient (Wildman–Crippen LogP) is 3.50. The van der Waals surface area contributed by atoms with Gasteiger partial charge in [0.15, 0.2) is 9.84 Å². The molecule has 138 valence electrons. The van der Waals surface area contributed by atoms with E-state index in [1.165, 1.54) is 28.7 Å². The highest BCUT2D eigenvalue weighted by Gasteiger charge is 2.21. The zero-order chi connectivity index (χ0) is 19.0. The Morgan fingerprint density at radius 1 is 1.07 bits per heavy atom. The molecule has 0 fully saturated rings. The maximum Gasteiger partial charge on any atom is 0.254 e. The summed E-state index contributed by atoms with van der Waals surface area (Å²) >= 11 is 0. The molecule has 6 heteroatoms. The molecule has 2 aromatic carbocycles. The lowest BCUT2D eigenvalue weighted by molar-refractivity contribution is 0.0773. The largest absolute Gasteiger partial charge is 0.361 e. The van der Waals surface area contributed by atoms with Crippen molar-refractivity contribution in [3.8, 4) is 0 Å². The molecule has 1 N–H and O–H groups in total. The topological polar surface area (TPSA) is 70.2 Å². The van der Waals surface area contributed by atoms with Gasteiger partial charge in [-0.2, -0.15) is 0 Å². The van der Waals surface area contributed by atoms with Crippen molar-refractivity contribution in [3.05, 3.63) is 71.9 Å². The number of nitrogens with one attached hydrogen (secondary N) is 1. The summed E-state index contributed by atoms with van der Waals surface area (Å²) in [6.07, 6.45) is 6.07. The van der Waals surface area contributed by atoms with Gasteiger partial charge in [-0.1, -0.05) is 24.3 Å². The Balaban J connectivity index is 1.52. The molecule has 0 spiro atoms. The van der Waals surface area contributed by atoms with Crippen LogP contribution in [0.15, 0.2) is 65.7 Å². The number of hydrogen-bond acceptors (Lipinski definition) is 3. The number of rotatable bonds is 3. The van der Waals surface area contributed by atoms with Crippen molar-refractivity contribution in [3.63, 3.8) is 0 Å². The standard InChI is InChI=1S/C21H20N2O3S/c1-27(25,26)17-8-6-16(7-9-17)21(24)23-12-10-15(11-13-23)19-14-22-20-5-3-2-4-18(19)20/h2-10,14,22H,11-13H2,1H3. The molecule has 0 aliphatic carbocycles. The number of carbonyl (C=O) groups excluding carboxylic acids is 1. The number of aromatic nitrogens is 1. The van der Waals surface area contributed by atoms with Crippen LogP contribution in [-0.2, 0) is 9.84 Å². The lowest BCUT2D eigenvalue weighted by Crippen LogP contribution is -2.34. The van der Waals surface area contributed by atoms with Crippen molar-refractivity contribution in [1.82, 2.24) is 9.88 Å². The highest BCUT2D eigenvalue weighted by molar-refractivity contribution is 7.90. The molecular weight excluding hydrogens is 360 g/mol. The van der Waals surface area contributed by atoms with Crippen LogP contribution in [0.3, 0.4) is 0 Å². The first kappa shape index (κ1) is 17.5. The van der Waals surface area contributed by atoms with Gasteiger partial charge in [0.25, 0.3) is 5.91 Å². The summed E-state index contributed by atoms with van der Waals surface area (Å²) in [4.78, 5) is 18.0. The van der Waals surface area contributed by atoms with E-state index in [0.29, 0.717) is 18.7 Å². The van der Waals surface area contributed by atoms with Gasteiger partial charge in [0.1, 0.15) is 0 Å². The molecule has 1 aliphatic rings. The Kier molecular flexibility index (Phi) is 4.36. The Bertz CT molecular complexity index is 1140. The molecule has 3 aromatic rings. The third kappa shape index (κ3) is 3.40. The van der Waals surface area contributed by atoms with Crippen LogP contribution >= 0.6 is 0 Å². The summed E-state index contributed by atoms with van der Waals surface area (Å²) < 4.78 is 23.1. The normalized spacial score (nSPS) is 15.0. The van der Waals surface area contributed by atoms with Gasteiger partial charge in [0.2, 0.25) is 0 Å². The quantitative estimate of drug-likeness (QED) is 0.756. The van der Waals surface area contributed by atoms with E-state index >= 15 is 0 Å². The molecule has 0 radical (unpaired) electrons. The molecule has 4 rings (SSSR count). The SMILES string of the molecule is CS(=O)(=O)c1ccc(C(=O)N2CC=C(c3c[nH]c4ccccc34)CC2)cc1. The van der Waals surface area contributed by atoms with E-state index in [2.05, 4.69) is 23.2 Å². The predicted molar refractivity (Wildman–Crippen MR) is 106 cm³/mol. The summed E-state index contributed by atoms with van der Waals surface area (Å²) in [5.74, 6) is -0.0794. The number of sulfone groups is 1. The maximum atomic E-state index is 12.7. The number of benzene rings is 2. The van der Waals surface area contributed by atoms with E-state index in [1.807, 2.05) is 18.3 Å². The van der Waals surface area contributed by atoms with Crippen molar-refractivity contribution in [2.45, 2.75) is 11.3 Å². The summed E-state index contributed by atoms with van der Waals surface area (Å²) in [7, 11) is -3.26. The van der Waals surface area contributed by atoms with Gasteiger partial charge < -0.3 is 9.88 Å². The van der Waals surface area contributed by atoms with Crippen molar-refractivity contribution in [2.24, 2.45) is 0 Å². The zero-order valence-electron chi connectivity index (χ0n) is 15.0. The van der Waals surface area contributed by atoms with E-state index in [0.717, 1.165) is 18.2 Å². The summed E-state index contributed by atoms with van der Waals surface area (Å²) in [6, 6.07) is 14.3. The molecule has 0 saturated heterocycles. The van der Waals surface area contributed by atoms with E-state index in [1.54, 1.807) is 17.0 Å². The second kappa shape index (κ2) is 6.70. The minimum Gasteiger partial charge on any atom is -0.361 e. The first-order valence-corrected chi connectivity index (χ1v) is 10.7. The lowest BCUT2D eigenvalue weighted by atomic mass is 9.98. The Morgan fingerprint density at radius 3 is 2.48 bits per heavy atom. The number of nitrogens with zero attached hydrogens (tertiary/aromatic N) is 1. The van der Waals surface area contributed by atoms with Crippen LogP contribution in [-0.4, -0.2) is 43.6 Å². The third-order valence-electron chi connectivity index (χ3n) is 4.96. The highest BCUT2D eigenvalue weighted by Crippen LogP contribution is 2.29. The molecule has 0 atom stereocenters. The Hall–Kier alpha value is -2.86. The minimum atomic E-state index is -3.26. The van der Waals surface area contributed by atoms with Crippen molar-refractivity contribution >= 4 is 32.2 Å². The van der Waals surface area contributed by atoms with Crippen molar-refractivity contribution in [1.29, 1.82) is 0 Å². The van der Waals surface area contributed by atoms with Gasteiger partial charge in [0, 0.05) is 47.6 Å². The minimum absolute atomic E-state index is 0.0794. The highest BCUT2D eigenvalue weighted by atomic mass is 32.2. The molecule has 27 heavy (non-hydrogen) atoms. The zero-order valence-corrected chi connectivity index (χ0v) is 15.8. The number of fused-ring (bicyclic) bond motifs is 1. The van der Waals surface area contributed by atoms with Gasteiger partial charge in [0.05, 0.1) is 4.90 Å². The summed E-state index contributed by atoms with van der Waals surface area (Å²) in [5, 5.41) is 1.19. The fourth-order valence-electron chi connectivity index (χ4n) is 3.46. The van der Waals surface area contributed by atoms with E-state index < -0.39 is 9.84 Å². The first-order valence-electron chi connectivity index (χ1n) is 8.78. The van der Waals surface area contributed by atoms with Crippen LogP contribution in [0, 0.1) is 0 Å². The van der Waals surface area contributed by atoms with E-state index in [9.17, 15) is 13.2 Å². The van der Waals surface area contributed by atoms with Crippen LogP contribution in [0.4, 0.5) is 0 Å². The molecule has 0 unspecified atom stereocenters. The second-order valence-electron chi connectivity index (χ2n) is 6.78. The van der Waals surface area contributed by atoms with E-state index in [4.69, 9.17) is 0 Å². The van der Waals surface area contributed by atoms with Crippen LogP contribution < -0.4 is 0 Å². The molecule has 0 saturated carbocycles. The summed E-state index contributed by atoms with van der Waals surface area (Å²) in [5.41, 5.74) is 4.04. The van der Waals surface area contributed by atoms with Gasteiger partial charge in [-0.25, -0.2) is 8.42 Å². The molecule has 1 amide bonds. The third-order valence-corrected chi connectivity index (χ3v) is 6.09. The molecule has 5 nitrogen and oxygen atoms in total. The van der Waals surface area contributed by atoms with Crippen LogP contribution in [0.25, 0.3) is 16.5 Å². The first-order chi connectivity index (χ1) is 12.9. The molecule has 2 heterocycles. The lowest BCUT2D eigenvalue weighted by Gasteiger charge is -2.26. The average molecular weight is 380 g/mol. The van der Waals surface area contributed by atoms with E-state index in [-0.39, 0.29) is 10.8 Å². The second-order valence-corrected chi connectivity index (χ2v) is 8.79. The Labute approximate surface area is 158 Å². The molecule has 1 aliphatic heterocycles. The smallest absolute Gasteiger partial charge is 0.254 e. The molecular formula is C21H20N2O3S. The fourth-order valence-corrected chi connectivity index (χ4v) is 4.09. The maximum absolute atomic E-state index is 12.7. The molecule has 0 bridgehead atoms. The van der Waals surface area contributed by atoms with Crippen molar-refractivity contribution < 1.29 is 13.2 Å². The van der Waals surface area contributed by atoms with Gasteiger partial charge in [-0.05, 0) is 42.3 Å². The average Bonchev–Trinajstić information content (AvgIpc) is 3.11. The molecule has 1 aromatic heterocycles.